The smallest absolute Gasteiger partial charge is 0.348 e. The monoisotopic (exact) mass is 449 g/mol. The number of aromatic nitrogens is 5. The zero-order valence-corrected chi connectivity index (χ0v) is 18.4. The van der Waals surface area contributed by atoms with Crippen LogP contribution in [0.4, 0.5) is 10.8 Å². The van der Waals surface area contributed by atoms with Crippen LogP contribution in [-0.4, -0.2) is 43.1 Å². The Hall–Kier alpha value is -3.27. The molecule has 6 rings (SSSR count). The van der Waals surface area contributed by atoms with Crippen molar-refractivity contribution in [1.82, 2.24) is 24.1 Å². The van der Waals surface area contributed by atoms with Gasteiger partial charge in [-0.25, -0.2) is 18.9 Å². The van der Waals surface area contributed by atoms with Crippen LogP contribution in [0.2, 0.25) is 0 Å². The summed E-state index contributed by atoms with van der Waals surface area (Å²) in [5, 5.41) is 8.27. The summed E-state index contributed by atoms with van der Waals surface area (Å²) in [6, 6.07) is 6.02. The number of fused-ring (bicyclic) bond motifs is 4. The number of aryl methyl sites for hydroxylation is 2. The summed E-state index contributed by atoms with van der Waals surface area (Å²) in [5.74, 6) is -0.282. The van der Waals surface area contributed by atoms with Gasteiger partial charge in [-0.05, 0) is 61.8 Å². The van der Waals surface area contributed by atoms with Crippen LogP contribution in [0.3, 0.4) is 0 Å². The molecule has 1 N–H and O–H groups in total. The molecule has 1 aliphatic carbocycles. The van der Waals surface area contributed by atoms with Gasteiger partial charge in [0.05, 0.1) is 0 Å². The molecule has 0 unspecified atom stereocenters. The van der Waals surface area contributed by atoms with Crippen molar-refractivity contribution in [2.75, 3.05) is 23.3 Å². The minimum absolute atomic E-state index is 0.156. The van der Waals surface area contributed by atoms with Crippen molar-refractivity contribution >= 4 is 44.1 Å². The maximum absolute atomic E-state index is 12.8. The van der Waals surface area contributed by atoms with Crippen LogP contribution in [0, 0.1) is 0 Å². The zero-order chi connectivity index (χ0) is 21.7. The van der Waals surface area contributed by atoms with E-state index in [0.717, 1.165) is 60.7 Å². The maximum Gasteiger partial charge on any atom is 0.352 e. The first-order valence-corrected chi connectivity index (χ1v) is 11.9. The number of thiazole rings is 1. The van der Waals surface area contributed by atoms with Gasteiger partial charge in [-0.15, -0.1) is 5.10 Å². The molecule has 0 spiro atoms. The number of nitrogens with zero attached hydrogens (tertiary/aromatic N) is 6. The normalized spacial score (nSPS) is 16.1. The van der Waals surface area contributed by atoms with Gasteiger partial charge in [0.1, 0.15) is 17.6 Å². The largest absolute Gasteiger partial charge is 0.352 e. The number of nitrogens with one attached hydrogen (secondary N) is 1. The van der Waals surface area contributed by atoms with Gasteiger partial charge in [-0.3, -0.25) is 4.79 Å². The molecule has 164 valence electrons. The summed E-state index contributed by atoms with van der Waals surface area (Å²) in [7, 11) is 0. The average Bonchev–Trinajstić information content (AvgIpc) is 3.52. The summed E-state index contributed by atoms with van der Waals surface area (Å²) >= 11 is 1.50. The lowest BCUT2D eigenvalue weighted by atomic mass is 10.1. The summed E-state index contributed by atoms with van der Waals surface area (Å²) in [6.07, 6.45) is 8.31. The lowest BCUT2D eigenvalue weighted by molar-refractivity contribution is -0.117. The van der Waals surface area contributed by atoms with Crippen molar-refractivity contribution in [1.29, 1.82) is 0 Å². The van der Waals surface area contributed by atoms with E-state index in [0.29, 0.717) is 11.3 Å². The second kappa shape index (κ2) is 7.70. The molecule has 10 heteroatoms. The molecule has 0 atom stereocenters. The zero-order valence-electron chi connectivity index (χ0n) is 17.6. The molecule has 0 saturated carbocycles. The highest BCUT2D eigenvalue weighted by atomic mass is 32.1. The molecule has 0 radical (unpaired) electrons. The molecule has 4 aromatic rings. The fraction of sp³-hybridized carbons (Fsp3) is 0.409. The van der Waals surface area contributed by atoms with Gasteiger partial charge in [-0.2, -0.15) is 4.98 Å². The number of carbonyl (C=O) groups is 1. The molecule has 32 heavy (non-hydrogen) atoms. The second-order valence-electron chi connectivity index (χ2n) is 8.46. The number of anilines is 2. The Labute approximate surface area is 187 Å². The van der Waals surface area contributed by atoms with Gasteiger partial charge >= 0.3 is 5.69 Å². The predicted molar refractivity (Wildman–Crippen MR) is 124 cm³/mol. The standard InChI is InChI=1S/C22H23N7O2S/c30-17(24-16-8-7-14-5-4-6-15(14)11-16)12-29-22(31)28-13-23-19-18(20(28)26-29)32-21(25-19)27-9-2-1-3-10-27/h7-8,11,13H,1-6,9-10,12H2,(H,24,30). The Morgan fingerprint density at radius 3 is 2.81 bits per heavy atom. The topological polar surface area (TPSA) is 97.4 Å². The minimum atomic E-state index is -0.383. The van der Waals surface area contributed by atoms with Crippen LogP contribution >= 0.6 is 11.3 Å². The van der Waals surface area contributed by atoms with E-state index in [1.165, 1.54) is 44.3 Å². The second-order valence-corrected chi connectivity index (χ2v) is 9.44. The molecule has 4 heterocycles. The van der Waals surface area contributed by atoms with Crippen LogP contribution < -0.4 is 15.9 Å². The summed E-state index contributed by atoms with van der Waals surface area (Å²) in [5.41, 5.74) is 4.09. The molecule has 1 saturated heterocycles. The molecule has 1 aromatic carbocycles. The van der Waals surface area contributed by atoms with Crippen molar-refractivity contribution in [3.8, 4) is 0 Å². The molecular weight excluding hydrogens is 426 g/mol. The minimum Gasteiger partial charge on any atom is -0.348 e. The van der Waals surface area contributed by atoms with Gasteiger partial charge in [0.2, 0.25) is 5.91 Å². The fourth-order valence-corrected chi connectivity index (χ4v) is 5.68. The molecule has 1 amide bonds. The first-order chi connectivity index (χ1) is 15.7. The van der Waals surface area contributed by atoms with Gasteiger partial charge in [-0.1, -0.05) is 17.4 Å². The van der Waals surface area contributed by atoms with E-state index < -0.39 is 0 Å². The van der Waals surface area contributed by atoms with E-state index in [-0.39, 0.29) is 18.1 Å². The molecule has 1 aliphatic heterocycles. The van der Waals surface area contributed by atoms with Gasteiger partial charge < -0.3 is 10.2 Å². The third-order valence-electron chi connectivity index (χ3n) is 6.27. The SMILES string of the molecule is O=C(Cn1nc2c3sc(N4CCCCC4)nc3ncn2c1=O)Nc1ccc2c(c1)CCC2. The van der Waals surface area contributed by atoms with Crippen LogP contribution in [-0.2, 0) is 24.2 Å². The highest BCUT2D eigenvalue weighted by molar-refractivity contribution is 7.22. The number of hydrogen-bond acceptors (Lipinski definition) is 7. The Morgan fingerprint density at radius 1 is 1.09 bits per heavy atom. The number of piperidine rings is 1. The number of amides is 1. The molecule has 3 aromatic heterocycles. The first-order valence-electron chi connectivity index (χ1n) is 11.1. The lowest BCUT2D eigenvalue weighted by Gasteiger charge is -2.25. The van der Waals surface area contributed by atoms with Crippen molar-refractivity contribution < 1.29 is 4.79 Å². The van der Waals surface area contributed by atoms with E-state index in [2.05, 4.69) is 31.3 Å². The van der Waals surface area contributed by atoms with E-state index in [1.807, 2.05) is 12.1 Å². The average molecular weight is 450 g/mol. The number of benzene rings is 1. The van der Waals surface area contributed by atoms with Crippen LogP contribution in [0.5, 0.6) is 0 Å². The molecule has 0 bridgehead atoms. The molecule has 9 nitrogen and oxygen atoms in total. The maximum atomic E-state index is 12.8. The van der Waals surface area contributed by atoms with Crippen molar-refractivity contribution in [3.63, 3.8) is 0 Å². The van der Waals surface area contributed by atoms with Crippen LogP contribution in [0.25, 0.3) is 16.0 Å². The highest BCUT2D eigenvalue weighted by Gasteiger charge is 2.20. The lowest BCUT2D eigenvalue weighted by Crippen LogP contribution is -2.29. The predicted octanol–water partition coefficient (Wildman–Crippen LogP) is 2.62. The Bertz CT molecular complexity index is 1400. The van der Waals surface area contributed by atoms with Gasteiger partial charge in [0, 0.05) is 18.8 Å². The van der Waals surface area contributed by atoms with E-state index in [4.69, 9.17) is 0 Å². The fourth-order valence-electron chi connectivity index (χ4n) is 4.64. The third-order valence-corrected chi connectivity index (χ3v) is 7.37. The molecule has 1 fully saturated rings. The van der Waals surface area contributed by atoms with Crippen LogP contribution in [0.15, 0.2) is 29.3 Å². The Kier molecular flexibility index (Phi) is 4.67. The number of carbonyl (C=O) groups excluding carboxylic acids is 1. The van der Waals surface area contributed by atoms with Crippen molar-refractivity contribution in [3.05, 3.63) is 46.1 Å². The highest BCUT2D eigenvalue weighted by Crippen LogP contribution is 2.31. The summed E-state index contributed by atoms with van der Waals surface area (Å²) in [4.78, 5) is 36.8. The summed E-state index contributed by atoms with van der Waals surface area (Å²) < 4.78 is 3.35. The van der Waals surface area contributed by atoms with Gasteiger partial charge in [0.25, 0.3) is 0 Å². The Morgan fingerprint density at radius 2 is 1.94 bits per heavy atom. The first kappa shape index (κ1) is 19.4. The Balaban J connectivity index is 1.27. The van der Waals surface area contributed by atoms with E-state index >= 15 is 0 Å². The van der Waals surface area contributed by atoms with Crippen molar-refractivity contribution in [2.24, 2.45) is 0 Å². The summed E-state index contributed by atoms with van der Waals surface area (Å²) in [6.45, 7) is 1.82. The van der Waals surface area contributed by atoms with Crippen molar-refractivity contribution in [2.45, 2.75) is 45.1 Å². The van der Waals surface area contributed by atoms with Crippen LogP contribution in [0.1, 0.15) is 36.8 Å². The number of rotatable bonds is 4. The molecule has 2 aliphatic rings. The quantitative estimate of drug-likeness (QED) is 0.514. The number of hydrogen-bond donors (Lipinski definition) is 1. The molecular formula is C22H23N7O2S. The van der Waals surface area contributed by atoms with E-state index in [9.17, 15) is 9.59 Å². The van der Waals surface area contributed by atoms with E-state index in [1.54, 1.807) is 0 Å². The van der Waals surface area contributed by atoms with Gasteiger partial charge in [0.15, 0.2) is 16.4 Å². The third kappa shape index (κ3) is 3.35.